The molecule has 0 amide bonds. The van der Waals surface area contributed by atoms with Crippen LogP contribution in [-0.4, -0.2) is 4.98 Å². The molecule has 0 aliphatic rings. The van der Waals surface area contributed by atoms with Crippen LogP contribution in [0.25, 0.3) is 10.8 Å². The lowest BCUT2D eigenvalue weighted by atomic mass is 10.2. The van der Waals surface area contributed by atoms with E-state index in [0.717, 1.165) is 15.4 Å². The number of hydrogen-bond donors (Lipinski definition) is 0. The summed E-state index contributed by atoms with van der Waals surface area (Å²) < 4.78 is 0.836. The third-order valence-corrected chi connectivity index (χ3v) is 2.63. The van der Waals surface area contributed by atoms with Crippen LogP contribution in [0.5, 0.6) is 0 Å². The van der Waals surface area contributed by atoms with Crippen molar-refractivity contribution in [1.29, 1.82) is 0 Å². The van der Waals surface area contributed by atoms with Crippen LogP contribution in [0.3, 0.4) is 0 Å². The van der Waals surface area contributed by atoms with Crippen LogP contribution in [0, 0.1) is 0 Å². The first-order chi connectivity index (χ1) is 5.79. The minimum absolute atomic E-state index is 0.689. The zero-order chi connectivity index (χ0) is 8.55. The molecule has 0 spiro atoms. The molecule has 0 saturated heterocycles. The second-order valence-corrected chi connectivity index (χ2v) is 3.60. The molecule has 0 fully saturated rings. The van der Waals surface area contributed by atoms with Gasteiger partial charge < -0.3 is 0 Å². The van der Waals surface area contributed by atoms with Crippen molar-refractivity contribution in [2.75, 3.05) is 0 Å². The van der Waals surface area contributed by atoms with E-state index in [2.05, 4.69) is 20.9 Å². The summed E-state index contributed by atoms with van der Waals surface area (Å²) in [6.45, 7) is 0. The van der Waals surface area contributed by atoms with Crippen LogP contribution in [0.4, 0.5) is 0 Å². The predicted molar refractivity (Wildman–Crippen MR) is 54.5 cm³/mol. The first-order valence-corrected chi connectivity index (χ1v) is 4.65. The summed E-state index contributed by atoms with van der Waals surface area (Å²) in [5, 5.41) is 2.76. The van der Waals surface area contributed by atoms with Gasteiger partial charge >= 0.3 is 0 Å². The minimum Gasteiger partial charge on any atom is -0.247 e. The molecule has 1 nitrogen and oxygen atoms in total. The van der Waals surface area contributed by atoms with Crippen LogP contribution < -0.4 is 0 Å². The molecule has 0 atom stereocenters. The van der Waals surface area contributed by atoms with E-state index in [9.17, 15) is 0 Å². The zero-order valence-corrected chi connectivity index (χ0v) is 8.43. The Hall–Kier alpha value is -0.600. The highest BCUT2D eigenvalue weighted by Crippen LogP contribution is 2.27. The van der Waals surface area contributed by atoms with Gasteiger partial charge in [0.15, 0.2) is 0 Å². The summed E-state index contributed by atoms with van der Waals surface area (Å²) in [4.78, 5) is 4.09. The lowest BCUT2D eigenvalue weighted by Crippen LogP contribution is -1.79. The van der Waals surface area contributed by atoms with E-state index in [1.807, 2.05) is 24.3 Å². The molecule has 0 aliphatic heterocycles. The lowest BCUT2D eigenvalue weighted by Gasteiger charge is -2.00. The van der Waals surface area contributed by atoms with Gasteiger partial charge in [-0.3, -0.25) is 0 Å². The average Bonchev–Trinajstić information content (AvgIpc) is 2.12. The highest BCUT2D eigenvalue weighted by atomic mass is 79.9. The second kappa shape index (κ2) is 3.04. The third kappa shape index (κ3) is 1.21. The summed E-state index contributed by atoms with van der Waals surface area (Å²) in [7, 11) is 0. The SMILES string of the molecule is Clc1cnc(Br)c2ccccc12. The first-order valence-electron chi connectivity index (χ1n) is 3.48. The van der Waals surface area contributed by atoms with Crippen molar-refractivity contribution < 1.29 is 0 Å². The van der Waals surface area contributed by atoms with Crippen LogP contribution in [0.15, 0.2) is 35.1 Å². The van der Waals surface area contributed by atoms with Crippen LogP contribution in [-0.2, 0) is 0 Å². The summed E-state index contributed by atoms with van der Waals surface area (Å²) in [6.07, 6.45) is 1.65. The van der Waals surface area contributed by atoms with Crippen molar-refractivity contribution in [3.05, 3.63) is 40.1 Å². The molecule has 0 N–H and O–H groups in total. The Labute approximate surface area is 83.5 Å². The fourth-order valence-corrected chi connectivity index (χ4v) is 1.79. The number of fused-ring (bicyclic) bond motifs is 1. The quantitative estimate of drug-likeness (QED) is 0.643. The number of nitrogens with zero attached hydrogens (tertiary/aromatic N) is 1. The lowest BCUT2D eigenvalue weighted by molar-refractivity contribution is 1.31. The number of hydrogen-bond acceptors (Lipinski definition) is 1. The standard InChI is InChI=1S/C9H5BrClN/c10-9-7-4-2-1-3-6(7)8(11)5-12-9/h1-5H. The van der Waals surface area contributed by atoms with E-state index >= 15 is 0 Å². The molecule has 2 aromatic rings. The summed E-state index contributed by atoms with van der Waals surface area (Å²) in [5.74, 6) is 0. The fourth-order valence-electron chi connectivity index (χ4n) is 1.12. The van der Waals surface area contributed by atoms with Gasteiger partial charge in [-0.2, -0.15) is 0 Å². The zero-order valence-electron chi connectivity index (χ0n) is 6.09. The van der Waals surface area contributed by atoms with Gasteiger partial charge in [0.05, 0.1) is 5.02 Å². The normalized spacial score (nSPS) is 10.5. The highest BCUT2D eigenvalue weighted by molar-refractivity contribution is 9.10. The van der Waals surface area contributed by atoms with E-state index in [-0.39, 0.29) is 0 Å². The first kappa shape index (κ1) is 8.02. The molecule has 0 saturated carbocycles. The van der Waals surface area contributed by atoms with E-state index in [4.69, 9.17) is 11.6 Å². The van der Waals surface area contributed by atoms with E-state index in [1.165, 1.54) is 0 Å². The maximum Gasteiger partial charge on any atom is 0.113 e. The summed E-state index contributed by atoms with van der Waals surface area (Å²) in [5.41, 5.74) is 0. The molecular weight excluding hydrogens is 237 g/mol. The van der Waals surface area contributed by atoms with Gasteiger partial charge in [-0.25, -0.2) is 4.98 Å². The van der Waals surface area contributed by atoms with Crippen molar-refractivity contribution >= 4 is 38.3 Å². The Kier molecular flexibility index (Phi) is 2.03. The number of rotatable bonds is 0. The third-order valence-electron chi connectivity index (χ3n) is 1.70. The maximum absolute atomic E-state index is 5.95. The molecule has 3 heteroatoms. The topological polar surface area (TPSA) is 12.9 Å². The van der Waals surface area contributed by atoms with Gasteiger partial charge in [0.25, 0.3) is 0 Å². The average molecular weight is 243 g/mol. The fraction of sp³-hybridized carbons (Fsp3) is 0. The maximum atomic E-state index is 5.95. The number of pyridine rings is 1. The molecule has 0 unspecified atom stereocenters. The second-order valence-electron chi connectivity index (χ2n) is 2.44. The Morgan fingerprint density at radius 1 is 1.17 bits per heavy atom. The number of aromatic nitrogens is 1. The smallest absolute Gasteiger partial charge is 0.113 e. The Bertz CT molecular complexity index is 387. The van der Waals surface area contributed by atoms with E-state index in [0.29, 0.717) is 5.02 Å². The molecule has 1 aromatic carbocycles. The van der Waals surface area contributed by atoms with Crippen molar-refractivity contribution in [2.24, 2.45) is 0 Å². The van der Waals surface area contributed by atoms with Gasteiger partial charge in [0.1, 0.15) is 4.60 Å². The Morgan fingerprint density at radius 3 is 2.50 bits per heavy atom. The monoisotopic (exact) mass is 241 g/mol. The molecular formula is C9H5BrClN. The molecule has 1 heterocycles. The minimum atomic E-state index is 0.689. The number of benzene rings is 1. The van der Waals surface area contributed by atoms with Gasteiger partial charge in [-0.1, -0.05) is 35.9 Å². The van der Waals surface area contributed by atoms with Crippen molar-refractivity contribution in [1.82, 2.24) is 4.98 Å². The van der Waals surface area contributed by atoms with Crippen LogP contribution in [0.1, 0.15) is 0 Å². The van der Waals surface area contributed by atoms with Gasteiger partial charge in [0, 0.05) is 17.0 Å². The predicted octanol–water partition coefficient (Wildman–Crippen LogP) is 3.65. The van der Waals surface area contributed by atoms with Crippen molar-refractivity contribution in [3.8, 4) is 0 Å². The summed E-state index contributed by atoms with van der Waals surface area (Å²) >= 11 is 9.31. The molecule has 0 radical (unpaired) electrons. The van der Waals surface area contributed by atoms with E-state index < -0.39 is 0 Å². The molecule has 1 aromatic heterocycles. The largest absolute Gasteiger partial charge is 0.247 e. The highest BCUT2D eigenvalue weighted by Gasteiger charge is 2.01. The van der Waals surface area contributed by atoms with Crippen molar-refractivity contribution in [2.45, 2.75) is 0 Å². The van der Waals surface area contributed by atoms with Gasteiger partial charge in [-0.05, 0) is 15.9 Å². The molecule has 0 aliphatic carbocycles. The summed E-state index contributed by atoms with van der Waals surface area (Å²) in [6, 6.07) is 7.88. The Balaban J connectivity index is 2.95. The molecule has 60 valence electrons. The van der Waals surface area contributed by atoms with E-state index in [1.54, 1.807) is 6.20 Å². The molecule has 0 bridgehead atoms. The van der Waals surface area contributed by atoms with Gasteiger partial charge in [0.2, 0.25) is 0 Å². The Morgan fingerprint density at radius 2 is 1.83 bits per heavy atom. The van der Waals surface area contributed by atoms with Crippen molar-refractivity contribution in [3.63, 3.8) is 0 Å². The number of halogens is 2. The molecule has 2 rings (SSSR count). The van der Waals surface area contributed by atoms with Crippen LogP contribution >= 0.6 is 27.5 Å². The molecule has 12 heavy (non-hydrogen) atoms. The van der Waals surface area contributed by atoms with Gasteiger partial charge in [-0.15, -0.1) is 0 Å². The van der Waals surface area contributed by atoms with Crippen LogP contribution in [0.2, 0.25) is 5.02 Å².